The van der Waals surface area contributed by atoms with E-state index in [1.807, 2.05) is 62.8 Å². The first kappa shape index (κ1) is 56.1. The highest BCUT2D eigenvalue weighted by Gasteiger charge is 2.26. The van der Waals surface area contributed by atoms with Crippen LogP contribution in [0.5, 0.6) is 0 Å². The quantitative estimate of drug-likeness (QED) is 0.0599. The van der Waals surface area contributed by atoms with Crippen LogP contribution >= 0.6 is 0 Å². The second-order valence-corrected chi connectivity index (χ2v) is 16.1. The maximum Gasteiger partial charge on any atom is 0.308 e. The van der Waals surface area contributed by atoms with Gasteiger partial charge in [0.2, 0.25) is 5.91 Å². The van der Waals surface area contributed by atoms with Gasteiger partial charge in [-0.05, 0) is 12.8 Å². The minimum absolute atomic E-state index is 0. The SMILES string of the molecule is C.C.C.C.C=S(=O)([O-])CCC[N+](C)(C)CCOC(=O)C(C)CC.CCC(C)(C)C(=O)NCCC[N+](C)(C)CC(O)CS(=O)(=O)O. The van der Waals surface area contributed by atoms with Crippen LogP contribution in [0.1, 0.15) is 90.0 Å². The summed E-state index contributed by atoms with van der Waals surface area (Å²) < 4.78 is 58.3. The lowest BCUT2D eigenvalue weighted by molar-refractivity contribution is -0.893. The molecule has 14 heteroatoms. The molecule has 3 atom stereocenters. The van der Waals surface area contributed by atoms with E-state index in [9.17, 15) is 31.9 Å². The lowest BCUT2D eigenvalue weighted by Crippen LogP contribution is -2.48. The Hall–Kier alpha value is -1.29. The van der Waals surface area contributed by atoms with E-state index in [4.69, 9.17) is 9.29 Å². The molecular weight excluding hydrogens is 622 g/mol. The molecule has 0 aromatic rings. The highest BCUT2D eigenvalue weighted by Crippen LogP contribution is 2.19. The maximum absolute atomic E-state index is 11.9. The number of quaternary nitrogens is 2. The number of esters is 1. The number of carbonyl (C=O) groups is 2. The van der Waals surface area contributed by atoms with Gasteiger partial charge in [-0.1, -0.05) is 80.0 Å². The Morgan fingerprint density at radius 1 is 0.956 bits per heavy atom. The van der Waals surface area contributed by atoms with Crippen molar-refractivity contribution >= 4 is 37.7 Å². The average Bonchev–Trinajstić information content (AvgIpc) is 2.78. The Morgan fingerprint density at radius 3 is 1.87 bits per heavy atom. The number of nitrogens with zero attached hydrogens (tertiary/aromatic N) is 2. The first-order valence-corrected chi connectivity index (χ1v) is 17.6. The number of hydrogen-bond donors (Lipinski definition) is 3. The lowest BCUT2D eigenvalue weighted by Gasteiger charge is -2.31. The average molecular weight is 697 g/mol. The second kappa shape index (κ2) is 24.8. The molecule has 0 saturated carbocycles. The number of aliphatic hydroxyl groups excluding tert-OH is 1. The number of ether oxygens (including phenoxy) is 1. The summed E-state index contributed by atoms with van der Waals surface area (Å²) in [6.45, 7) is 12.8. The van der Waals surface area contributed by atoms with Crippen LogP contribution in [0.3, 0.4) is 0 Å². The third kappa shape index (κ3) is 32.4. The topological polar surface area (TPSA) is 170 Å². The van der Waals surface area contributed by atoms with E-state index < -0.39 is 31.8 Å². The molecular formula is C31H74N3O9S2+. The van der Waals surface area contributed by atoms with Crippen molar-refractivity contribution in [2.75, 3.05) is 79.0 Å². The van der Waals surface area contributed by atoms with Gasteiger partial charge in [-0.25, -0.2) is 0 Å². The zero-order valence-corrected chi connectivity index (χ0v) is 28.4. The van der Waals surface area contributed by atoms with Gasteiger partial charge in [0.1, 0.15) is 31.6 Å². The summed E-state index contributed by atoms with van der Waals surface area (Å²) in [6.07, 6.45) is 1.72. The van der Waals surface area contributed by atoms with E-state index in [-0.39, 0.29) is 65.2 Å². The molecule has 0 heterocycles. The standard InChI is InChI=1S/C14H30N2O5S.C13H27NO4S.4CH4/c1-6-14(2,3)13(18)15-8-7-9-16(4,5)10-12(17)11-22(19,20)21;1-6-12(2)13(15)18-10-9-14(3,4)8-7-11-19(5,16)17;;;;/h12,17H,6-11H2,1-5H3,(H-,15,18,19,20,21);12H,5-11H2,1-4H3;4*1H4/p+1. The van der Waals surface area contributed by atoms with Crippen LogP contribution in [0.2, 0.25) is 0 Å². The van der Waals surface area contributed by atoms with Crippen LogP contribution in [-0.4, -0.2) is 139 Å². The molecule has 0 aliphatic carbocycles. The van der Waals surface area contributed by atoms with Gasteiger partial charge >= 0.3 is 5.97 Å². The molecule has 0 aliphatic rings. The van der Waals surface area contributed by atoms with Crippen molar-refractivity contribution in [2.45, 2.75) is 96.1 Å². The second-order valence-electron chi connectivity index (χ2n) is 12.8. The predicted molar refractivity (Wildman–Crippen MR) is 191 cm³/mol. The van der Waals surface area contributed by atoms with E-state index in [1.54, 1.807) is 0 Å². The predicted octanol–water partition coefficient (Wildman–Crippen LogP) is 3.69. The fraction of sp³-hybridized carbons (Fsp3) is 0.903. The number of rotatable bonds is 19. The summed E-state index contributed by atoms with van der Waals surface area (Å²) in [5.74, 6) is 2.33. The number of amides is 1. The summed E-state index contributed by atoms with van der Waals surface area (Å²) in [5.41, 5.74) is -0.379. The number of aliphatic hydroxyl groups is 1. The Labute approximate surface area is 279 Å². The minimum atomic E-state index is -4.17. The maximum atomic E-state index is 11.9. The summed E-state index contributed by atoms with van der Waals surface area (Å²) >= 11 is 0. The molecule has 3 N–H and O–H groups in total. The van der Waals surface area contributed by atoms with Crippen LogP contribution < -0.4 is 5.32 Å². The van der Waals surface area contributed by atoms with Crippen LogP contribution in [0, 0.1) is 11.3 Å². The van der Waals surface area contributed by atoms with Crippen molar-refractivity contribution in [1.82, 2.24) is 5.32 Å². The van der Waals surface area contributed by atoms with Gasteiger partial charge in [-0.15, -0.1) is 0 Å². The monoisotopic (exact) mass is 696 g/mol. The summed E-state index contributed by atoms with van der Waals surface area (Å²) in [4.78, 5) is 23.4. The Kier molecular flexibility index (Phi) is 30.9. The normalized spacial score (nSPS) is 14.2. The van der Waals surface area contributed by atoms with Gasteiger partial charge < -0.3 is 28.7 Å². The van der Waals surface area contributed by atoms with Gasteiger partial charge in [0.05, 0.1) is 47.2 Å². The minimum Gasteiger partial charge on any atom is -0.778 e. The van der Waals surface area contributed by atoms with Gasteiger partial charge in [0.15, 0.2) is 0 Å². The Bertz CT molecular complexity index is 998. The van der Waals surface area contributed by atoms with Crippen LogP contribution in [0.15, 0.2) is 0 Å². The number of carbonyl (C=O) groups excluding carboxylic acids is 2. The van der Waals surface area contributed by atoms with Crippen LogP contribution in [0.25, 0.3) is 0 Å². The van der Waals surface area contributed by atoms with Gasteiger partial charge in [-0.2, -0.15) is 8.42 Å². The van der Waals surface area contributed by atoms with E-state index >= 15 is 0 Å². The molecule has 0 aromatic carbocycles. The molecule has 278 valence electrons. The third-order valence-electron chi connectivity index (χ3n) is 7.01. The molecule has 0 saturated heterocycles. The smallest absolute Gasteiger partial charge is 0.308 e. The Balaban J connectivity index is -0.000000157. The van der Waals surface area contributed by atoms with E-state index in [1.165, 1.54) is 0 Å². The lowest BCUT2D eigenvalue weighted by atomic mass is 9.89. The molecule has 0 fully saturated rings. The van der Waals surface area contributed by atoms with E-state index in [0.29, 0.717) is 41.6 Å². The molecule has 45 heavy (non-hydrogen) atoms. The number of hydrogen-bond acceptors (Lipinski definition) is 8. The largest absolute Gasteiger partial charge is 0.778 e. The van der Waals surface area contributed by atoms with Crippen molar-refractivity contribution < 1.29 is 50.1 Å². The van der Waals surface area contributed by atoms with Crippen molar-refractivity contribution in [3.8, 4) is 0 Å². The van der Waals surface area contributed by atoms with Gasteiger partial charge in [-0.3, -0.25) is 18.4 Å². The molecule has 0 rings (SSSR count). The van der Waals surface area contributed by atoms with E-state index in [0.717, 1.165) is 25.8 Å². The molecule has 0 radical (unpaired) electrons. The number of nitrogens with one attached hydrogen (secondary N) is 1. The Morgan fingerprint density at radius 2 is 1.44 bits per heavy atom. The van der Waals surface area contributed by atoms with Gasteiger partial charge in [0, 0.05) is 30.6 Å². The molecule has 0 spiro atoms. The zero-order valence-electron chi connectivity index (χ0n) is 26.8. The molecule has 3 unspecified atom stereocenters. The first-order chi connectivity index (χ1) is 18.4. The highest BCUT2D eigenvalue weighted by atomic mass is 32.2. The molecule has 12 nitrogen and oxygen atoms in total. The molecule has 0 bridgehead atoms. The van der Waals surface area contributed by atoms with Gasteiger partial charge in [0.25, 0.3) is 10.1 Å². The van der Waals surface area contributed by atoms with Crippen molar-refractivity contribution in [3.63, 3.8) is 0 Å². The summed E-state index contributed by atoms with van der Waals surface area (Å²) in [7, 11) is 0.409. The zero-order chi connectivity index (χ0) is 32.7. The summed E-state index contributed by atoms with van der Waals surface area (Å²) in [5, 5.41) is 12.6. The molecule has 0 aliphatic heterocycles. The fourth-order valence-corrected chi connectivity index (χ4v) is 4.75. The van der Waals surface area contributed by atoms with Crippen molar-refractivity contribution in [2.24, 2.45) is 11.3 Å². The van der Waals surface area contributed by atoms with Crippen molar-refractivity contribution in [1.29, 1.82) is 0 Å². The van der Waals surface area contributed by atoms with Crippen LogP contribution in [-0.2, 0) is 34.2 Å². The molecule has 1 amide bonds. The number of likely N-dealkylation sites (N-methyl/N-ethyl adjacent to an activating group) is 2. The third-order valence-corrected chi connectivity index (χ3v) is 8.72. The summed E-state index contributed by atoms with van der Waals surface area (Å²) in [6, 6.07) is 0. The first-order valence-electron chi connectivity index (χ1n) is 14.1. The molecule has 0 aromatic heterocycles. The fourth-order valence-electron chi connectivity index (χ4n) is 3.59. The van der Waals surface area contributed by atoms with Crippen molar-refractivity contribution in [3.05, 3.63) is 0 Å². The van der Waals surface area contributed by atoms with E-state index in [2.05, 4.69) is 11.2 Å². The van der Waals surface area contributed by atoms with Crippen LogP contribution in [0.4, 0.5) is 0 Å². The highest BCUT2D eigenvalue weighted by molar-refractivity contribution is 7.94.